The van der Waals surface area contributed by atoms with Crippen molar-refractivity contribution in [2.75, 3.05) is 13.2 Å². The Hall–Kier alpha value is -2.70. The second-order valence-electron chi connectivity index (χ2n) is 4.17. The van der Waals surface area contributed by atoms with Crippen LogP contribution < -0.4 is 0 Å². The largest absolute Gasteiger partial charge is 0.463 e. The van der Waals surface area contributed by atoms with Gasteiger partial charge < -0.3 is 9.47 Å². The van der Waals surface area contributed by atoms with Gasteiger partial charge in [0, 0.05) is 0 Å². The summed E-state index contributed by atoms with van der Waals surface area (Å²) in [7, 11) is 0. The fourth-order valence-electron chi connectivity index (χ4n) is 1.64. The van der Waals surface area contributed by atoms with Gasteiger partial charge >= 0.3 is 11.9 Å². The molecule has 0 atom stereocenters. The van der Waals surface area contributed by atoms with Crippen LogP contribution in [0.1, 0.15) is 23.0 Å². The van der Waals surface area contributed by atoms with E-state index in [4.69, 9.17) is 4.74 Å². The third-order valence-electron chi connectivity index (χ3n) is 2.56. The third kappa shape index (κ3) is 4.41. The molecule has 0 unspecified atom stereocenters. The molecule has 0 aliphatic carbocycles. The predicted molar refractivity (Wildman–Crippen MR) is 72.5 cm³/mol. The lowest BCUT2D eigenvalue weighted by Gasteiger charge is -2.02. The summed E-state index contributed by atoms with van der Waals surface area (Å²) in [5, 5.41) is 7.57. The van der Waals surface area contributed by atoms with Gasteiger partial charge in [-0.3, -0.25) is 0 Å². The summed E-state index contributed by atoms with van der Waals surface area (Å²) in [5.74, 6) is -1.30. The molecule has 1 aromatic heterocycles. The Labute approximate surface area is 121 Å². The highest BCUT2D eigenvalue weighted by molar-refractivity contribution is 5.88. The number of ether oxygens (including phenoxy) is 2. The van der Waals surface area contributed by atoms with E-state index in [0.717, 1.165) is 5.56 Å². The summed E-state index contributed by atoms with van der Waals surface area (Å²) >= 11 is 0. The standard InChI is InChI=1S/C14H15N3O4/c1-2-20-13(18)10-21-14(19)12-9-17(16-15-12)8-11-6-4-3-5-7-11/h3-7,9H,2,8,10H2,1H3. The first-order valence-electron chi connectivity index (χ1n) is 6.46. The highest BCUT2D eigenvalue weighted by Crippen LogP contribution is 2.03. The molecule has 2 aromatic rings. The zero-order valence-corrected chi connectivity index (χ0v) is 11.6. The van der Waals surface area contributed by atoms with Crippen LogP contribution in [0.25, 0.3) is 0 Å². The Morgan fingerprint density at radius 2 is 1.95 bits per heavy atom. The summed E-state index contributed by atoms with van der Waals surface area (Å²) in [6, 6.07) is 9.64. The molecule has 0 N–H and O–H groups in total. The molecule has 0 aliphatic rings. The number of aromatic nitrogens is 3. The van der Waals surface area contributed by atoms with Crippen molar-refractivity contribution in [1.82, 2.24) is 15.0 Å². The molecule has 1 heterocycles. The van der Waals surface area contributed by atoms with Gasteiger partial charge in [0.15, 0.2) is 12.3 Å². The molecule has 0 aliphatic heterocycles. The van der Waals surface area contributed by atoms with E-state index in [1.807, 2.05) is 30.3 Å². The van der Waals surface area contributed by atoms with Crippen LogP contribution in [0.4, 0.5) is 0 Å². The molecule has 7 nitrogen and oxygen atoms in total. The maximum Gasteiger partial charge on any atom is 0.361 e. The van der Waals surface area contributed by atoms with Gasteiger partial charge in [-0.1, -0.05) is 35.5 Å². The second-order valence-corrected chi connectivity index (χ2v) is 4.17. The maximum atomic E-state index is 11.7. The van der Waals surface area contributed by atoms with Gasteiger partial charge in [-0.15, -0.1) is 5.10 Å². The van der Waals surface area contributed by atoms with E-state index in [2.05, 4.69) is 15.0 Å². The third-order valence-corrected chi connectivity index (χ3v) is 2.56. The summed E-state index contributed by atoms with van der Waals surface area (Å²) in [4.78, 5) is 22.8. The highest BCUT2D eigenvalue weighted by atomic mass is 16.6. The monoisotopic (exact) mass is 289 g/mol. The molecule has 0 saturated heterocycles. The van der Waals surface area contributed by atoms with Gasteiger partial charge in [0.2, 0.25) is 0 Å². The quantitative estimate of drug-likeness (QED) is 0.739. The van der Waals surface area contributed by atoms with Crippen molar-refractivity contribution < 1.29 is 19.1 Å². The van der Waals surface area contributed by atoms with Gasteiger partial charge in [-0.2, -0.15) is 0 Å². The summed E-state index contributed by atoms with van der Waals surface area (Å²) in [6.45, 7) is 1.98. The molecule has 21 heavy (non-hydrogen) atoms. The molecule has 0 bridgehead atoms. The second kappa shape index (κ2) is 7.18. The lowest BCUT2D eigenvalue weighted by Crippen LogP contribution is -2.16. The molecule has 110 valence electrons. The van der Waals surface area contributed by atoms with E-state index in [1.54, 1.807) is 6.92 Å². The lowest BCUT2D eigenvalue weighted by atomic mass is 10.2. The van der Waals surface area contributed by atoms with Crippen LogP contribution in [0.2, 0.25) is 0 Å². The van der Waals surface area contributed by atoms with E-state index in [9.17, 15) is 9.59 Å². The minimum Gasteiger partial charge on any atom is -0.463 e. The van der Waals surface area contributed by atoms with Crippen molar-refractivity contribution in [2.45, 2.75) is 13.5 Å². The predicted octanol–water partition coefficient (Wildman–Crippen LogP) is 1.05. The van der Waals surface area contributed by atoms with Crippen LogP contribution >= 0.6 is 0 Å². The zero-order chi connectivity index (χ0) is 15.1. The summed E-state index contributed by atoms with van der Waals surface area (Å²) < 4.78 is 11.0. The number of benzene rings is 1. The first-order valence-corrected chi connectivity index (χ1v) is 6.46. The molecule has 2 rings (SSSR count). The molecule has 0 fully saturated rings. The van der Waals surface area contributed by atoms with Gasteiger partial charge in [0.1, 0.15) is 0 Å². The van der Waals surface area contributed by atoms with Gasteiger partial charge in [-0.05, 0) is 12.5 Å². The Bertz CT molecular complexity index is 610. The Kier molecular flexibility index (Phi) is 5.03. The average molecular weight is 289 g/mol. The van der Waals surface area contributed by atoms with Crippen LogP contribution in [0, 0.1) is 0 Å². The average Bonchev–Trinajstić information content (AvgIpc) is 2.95. The van der Waals surface area contributed by atoms with Crippen LogP contribution in [0.3, 0.4) is 0 Å². The van der Waals surface area contributed by atoms with E-state index in [-0.39, 0.29) is 12.3 Å². The number of rotatable bonds is 6. The molecule has 7 heteroatoms. The first-order chi connectivity index (χ1) is 10.2. The number of carbonyl (C=O) groups is 2. The maximum absolute atomic E-state index is 11.7. The van der Waals surface area contributed by atoms with Crippen molar-refractivity contribution in [3.05, 3.63) is 47.8 Å². The minimum atomic E-state index is -0.706. The van der Waals surface area contributed by atoms with Crippen molar-refractivity contribution in [3.8, 4) is 0 Å². The van der Waals surface area contributed by atoms with Crippen molar-refractivity contribution in [3.63, 3.8) is 0 Å². The molecule has 0 radical (unpaired) electrons. The molecule has 1 aromatic carbocycles. The molecular weight excluding hydrogens is 274 g/mol. The smallest absolute Gasteiger partial charge is 0.361 e. The normalized spacial score (nSPS) is 10.1. The van der Waals surface area contributed by atoms with Gasteiger partial charge in [0.05, 0.1) is 19.3 Å². The fraction of sp³-hybridized carbons (Fsp3) is 0.286. The first kappa shape index (κ1) is 14.7. The van der Waals surface area contributed by atoms with E-state index in [0.29, 0.717) is 6.54 Å². The Balaban J connectivity index is 1.90. The van der Waals surface area contributed by atoms with E-state index in [1.165, 1.54) is 10.9 Å². The van der Waals surface area contributed by atoms with Crippen LogP contribution in [-0.2, 0) is 20.8 Å². The van der Waals surface area contributed by atoms with Crippen molar-refractivity contribution in [1.29, 1.82) is 0 Å². The highest BCUT2D eigenvalue weighted by Gasteiger charge is 2.14. The zero-order valence-electron chi connectivity index (χ0n) is 11.6. The van der Waals surface area contributed by atoms with Crippen molar-refractivity contribution >= 4 is 11.9 Å². The minimum absolute atomic E-state index is 0.0511. The number of hydrogen-bond acceptors (Lipinski definition) is 6. The number of carbonyl (C=O) groups excluding carboxylic acids is 2. The topological polar surface area (TPSA) is 83.3 Å². The SMILES string of the molecule is CCOC(=O)COC(=O)c1cn(Cc2ccccc2)nn1. The van der Waals surface area contributed by atoms with Crippen molar-refractivity contribution in [2.24, 2.45) is 0 Å². The van der Waals surface area contributed by atoms with Crippen LogP contribution in [0.5, 0.6) is 0 Å². The number of esters is 2. The molecule has 0 amide bonds. The molecule has 0 spiro atoms. The van der Waals surface area contributed by atoms with Gasteiger partial charge in [0.25, 0.3) is 0 Å². The summed E-state index contributed by atoms with van der Waals surface area (Å²) in [6.07, 6.45) is 1.47. The molecule has 0 saturated carbocycles. The number of hydrogen-bond donors (Lipinski definition) is 0. The number of nitrogens with zero attached hydrogens (tertiary/aromatic N) is 3. The van der Waals surface area contributed by atoms with E-state index < -0.39 is 18.5 Å². The van der Waals surface area contributed by atoms with Crippen LogP contribution in [-0.4, -0.2) is 40.1 Å². The summed E-state index contributed by atoms with van der Waals surface area (Å²) in [5.41, 5.74) is 1.09. The lowest BCUT2D eigenvalue weighted by molar-refractivity contribution is -0.146. The Morgan fingerprint density at radius 3 is 2.67 bits per heavy atom. The Morgan fingerprint density at radius 1 is 1.19 bits per heavy atom. The molecular formula is C14H15N3O4. The van der Waals surface area contributed by atoms with Crippen LogP contribution in [0.15, 0.2) is 36.5 Å². The van der Waals surface area contributed by atoms with Gasteiger partial charge in [-0.25, -0.2) is 14.3 Å². The van der Waals surface area contributed by atoms with E-state index >= 15 is 0 Å². The fourth-order valence-corrected chi connectivity index (χ4v) is 1.64.